The van der Waals surface area contributed by atoms with Crippen molar-refractivity contribution in [1.82, 2.24) is 0 Å². The van der Waals surface area contributed by atoms with Crippen molar-refractivity contribution in [3.8, 4) is 0 Å². The molecule has 4 heteroatoms. The monoisotopic (exact) mass is 200 g/mol. The lowest BCUT2D eigenvalue weighted by Gasteiger charge is -2.08. The fourth-order valence-electron chi connectivity index (χ4n) is 1.02. The van der Waals surface area contributed by atoms with E-state index >= 15 is 0 Å². The van der Waals surface area contributed by atoms with Gasteiger partial charge in [-0.15, -0.1) is 12.6 Å². The SMILES string of the molecule is CC(C(=O)O)c1ccc(F)cc1S. The molecule has 0 saturated carbocycles. The van der Waals surface area contributed by atoms with Crippen molar-refractivity contribution in [3.05, 3.63) is 29.6 Å². The Morgan fingerprint density at radius 1 is 1.62 bits per heavy atom. The maximum atomic E-state index is 12.6. The van der Waals surface area contributed by atoms with E-state index in [4.69, 9.17) is 5.11 Å². The summed E-state index contributed by atoms with van der Waals surface area (Å²) in [5, 5.41) is 8.70. The van der Waals surface area contributed by atoms with E-state index in [-0.39, 0.29) is 0 Å². The minimum atomic E-state index is -0.943. The molecule has 0 fully saturated rings. The van der Waals surface area contributed by atoms with Gasteiger partial charge in [0.2, 0.25) is 0 Å². The normalized spacial score (nSPS) is 12.5. The van der Waals surface area contributed by atoms with Gasteiger partial charge in [-0.1, -0.05) is 6.07 Å². The standard InChI is InChI=1S/C9H9FO2S/c1-5(9(11)12)7-3-2-6(10)4-8(7)13/h2-5,13H,1H3,(H,11,12). The molecule has 1 aromatic rings. The molecule has 1 rings (SSSR count). The summed E-state index contributed by atoms with van der Waals surface area (Å²) in [6.45, 7) is 1.54. The molecular weight excluding hydrogens is 191 g/mol. The molecule has 13 heavy (non-hydrogen) atoms. The highest BCUT2D eigenvalue weighted by molar-refractivity contribution is 7.80. The second kappa shape index (κ2) is 3.79. The summed E-state index contributed by atoms with van der Waals surface area (Å²) in [6.07, 6.45) is 0. The van der Waals surface area contributed by atoms with E-state index in [2.05, 4.69) is 12.6 Å². The number of hydrogen-bond donors (Lipinski definition) is 2. The number of rotatable bonds is 2. The third kappa shape index (κ3) is 2.21. The smallest absolute Gasteiger partial charge is 0.310 e. The first-order chi connectivity index (χ1) is 6.02. The number of carboxylic acid groups (broad SMARTS) is 1. The highest BCUT2D eigenvalue weighted by atomic mass is 32.1. The first-order valence-corrected chi connectivity index (χ1v) is 4.18. The molecule has 0 saturated heterocycles. The first kappa shape index (κ1) is 10.1. The lowest BCUT2D eigenvalue weighted by molar-refractivity contribution is -0.138. The average molecular weight is 200 g/mol. The van der Waals surface area contributed by atoms with Crippen LogP contribution in [0.25, 0.3) is 0 Å². The van der Waals surface area contributed by atoms with Crippen LogP contribution in [0.2, 0.25) is 0 Å². The van der Waals surface area contributed by atoms with Crippen LogP contribution in [0.5, 0.6) is 0 Å². The van der Waals surface area contributed by atoms with Gasteiger partial charge in [0.1, 0.15) is 5.82 Å². The largest absolute Gasteiger partial charge is 0.481 e. The van der Waals surface area contributed by atoms with E-state index in [0.29, 0.717) is 10.5 Å². The molecule has 0 radical (unpaired) electrons. The van der Waals surface area contributed by atoms with E-state index in [0.717, 1.165) is 0 Å². The van der Waals surface area contributed by atoms with Crippen molar-refractivity contribution in [2.75, 3.05) is 0 Å². The quantitative estimate of drug-likeness (QED) is 0.719. The number of halogens is 1. The number of aliphatic carboxylic acids is 1. The minimum absolute atomic E-state index is 0.370. The Bertz CT molecular complexity index is 338. The number of hydrogen-bond acceptors (Lipinski definition) is 2. The summed E-state index contributed by atoms with van der Waals surface area (Å²) in [7, 11) is 0. The zero-order chi connectivity index (χ0) is 10.0. The Balaban J connectivity index is 3.08. The molecule has 0 aliphatic heterocycles. The van der Waals surface area contributed by atoms with Gasteiger partial charge < -0.3 is 5.11 Å². The Morgan fingerprint density at radius 3 is 2.69 bits per heavy atom. The Labute approximate surface area is 80.8 Å². The summed E-state index contributed by atoms with van der Waals surface area (Å²) in [5.41, 5.74) is 0.525. The molecule has 0 heterocycles. The third-order valence-electron chi connectivity index (χ3n) is 1.83. The van der Waals surface area contributed by atoms with Crippen LogP contribution in [0.15, 0.2) is 23.1 Å². The van der Waals surface area contributed by atoms with Gasteiger partial charge >= 0.3 is 5.97 Å². The van der Waals surface area contributed by atoms with Crippen LogP contribution in [0.3, 0.4) is 0 Å². The topological polar surface area (TPSA) is 37.3 Å². The van der Waals surface area contributed by atoms with E-state index in [1.165, 1.54) is 25.1 Å². The van der Waals surface area contributed by atoms with Crippen molar-refractivity contribution in [2.45, 2.75) is 17.7 Å². The molecule has 1 N–H and O–H groups in total. The predicted molar refractivity (Wildman–Crippen MR) is 49.7 cm³/mol. The molecule has 0 bridgehead atoms. The van der Waals surface area contributed by atoms with Gasteiger partial charge in [-0.3, -0.25) is 4.79 Å². The van der Waals surface area contributed by atoms with Crippen LogP contribution in [-0.2, 0) is 4.79 Å². The molecule has 0 spiro atoms. The zero-order valence-corrected chi connectivity index (χ0v) is 7.88. The summed E-state index contributed by atoms with van der Waals surface area (Å²) in [4.78, 5) is 11.0. The zero-order valence-electron chi connectivity index (χ0n) is 6.99. The predicted octanol–water partition coefficient (Wildman–Crippen LogP) is 2.30. The van der Waals surface area contributed by atoms with Crippen LogP contribution in [0, 0.1) is 5.82 Å². The van der Waals surface area contributed by atoms with Crippen LogP contribution in [0.1, 0.15) is 18.4 Å². The van der Waals surface area contributed by atoms with Gasteiger partial charge in [0, 0.05) is 4.90 Å². The second-order valence-corrected chi connectivity index (χ2v) is 3.24. The van der Waals surface area contributed by atoms with E-state index in [9.17, 15) is 9.18 Å². The van der Waals surface area contributed by atoms with E-state index < -0.39 is 17.7 Å². The number of carbonyl (C=O) groups is 1. The molecule has 2 nitrogen and oxygen atoms in total. The number of carboxylic acids is 1. The van der Waals surface area contributed by atoms with Crippen molar-refractivity contribution in [3.63, 3.8) is 0 Å². The third-order valence-corrected chi connectivity index (χ3v) is 2.22. The molecule has 1 aromatic carbocycles. The minimum Gasteiger partial charge on any atom is -0.481 e. The van der Waals surface area contributed by atoms with Gasteiger partial charge in [-0.2, -0.15) is 0 Å². The summed E-state index contributed by atoms with van der Waals surface area (Å²) in [5.74, 6) is -2.01. The molecule has 70 valence electrons. The second-order valence-electron chi connectivity index (χ2n) is 2.76. The number of benzene rings is 1. The molecular formula is C9H9FO2S. The molecule has 0 amide bonds. The van der Waals surface area contributed by atoms with E-state index in [1.807, 2.05) is 0 Å². The fraction of sp³-hybridized carbons (Fsp3) is 0.222. The van der Waals surface area contributed by atoms with Gasteiger partial charge in [-0.05, 0) is 24.6 Å². The average Bonchev–Trinajstić information content (AvgIpc) is 2.03. The summed E-state index contributed by atoms with van der Waals surface area (Å²) >= 11 is 4.00. The summed E-state index contributed by atoms with van der Waals surface area (Å²) < 4.78 is 12.6. The van der Waals surface area contributed by atoms with Gasteiger partial charge in [0.25, 0.3) is 0 Å². The molecule has 0 aromatic heterocycles. The first-order valence-electron chi connectivity index (χ1n) is 3.73. The maximum absolute atomic E-state index is 12.6. The van der Waals surface area contributed by atoms with Crippen molar-refractivity contribution in [2.24, 2.45) is 0 Å². The van der Waals surface area contributed by atoms with Crippen LogP contribution in [0.4, 0.5) is 4.39 Å². The van der Waals surface area contributed by atoms with Gasteiger partial charge in [-0.25, -0.2) is 4.39 Å². The fourth-order valence-corrected chi connectivity index (χ4v) is 1.41. The van der Waals surface area contributed by atoms with Crippen molar-refractivity contribution >= 4 is 18.6 Å². The number of thiol groups is 1. The van der Waals surface area contributed by atoms with Crippen LogP contribution in [-0.4, -0.2) is 11.1 Å². The molecule has 0 aliphatic rings. The van der Waals surface area contributed by atoms with Crippen molar-refractivity contribution < 1.29 is 14.3 Å². The lowest BCUT2D eigenvalue weighted by Crippen LogP contribution is -2.08. The van der Waals surface area contributed by atoms with E-state index in [1.54, 1.807) is 0 Å². The van der Waals surface area contributed by atoms with Crippen LogP contribution >= 0.6 is 12.6 Å². The Kier molecular flexibility index (Phi) is 2.93. The van der Waals surface area contributed by atoms with Crippen LogP contribution < -0.4 is 0 Å². The van der Waals surface area contributed by atoms with Crippen molar-refractivity contribution in [1.29, 1.82) is 0 Å². The molecule has 1 unspecified atom stereocenters. The summed E-state index contributed by atoms with van der Waals surface area (Å²) in [6, 6.07) is 3.88. The molecule has 1 atom stereocenters. The lowest BCUT2D eigenvalue weighted by atomic mass is 10.0. The highest BCUT2D eigenvalue weighted by Gasteiger charge is 2.16. The van der Waals surface area contributed by atoms with Gasteiger partial charge in [0.15, 0.2) is 0 Å². The highest BCUT2D eigenvalue weighted by Crippen LogP contribution is 2.23. The molecule has 0 aliphatic carbocycles. The Morgan fingerprint density at radius 2 is 2.23 bits per heavy atom. The maximum Gasteiger partial charge on any atom is 0.310 e. The van der Waals surface area contributed by atoms with Gasteiger partial charge in [0.05, 0.1) is 5.92 Å². The Hall–Kier alpha value is -1.03.